The second-order valence-corrected chi connectivity index (χ2v) is 9.37. The van der Waals surface area contributed by atoms with E-state index < -0.39 is 23.6 Å². The molecule has 2 aliphatic heterocycles. The molecule has 0 spiro atoms. The molecule has 1 N–H and O–H groups in total. The summed E-state index contributed by atoms with van der Waals surface area (Å²) in [6.45, 7) is 2.62. The summed E-state index contributed by atoms with van der Waals surface area (Å²) in [6.07, 6.45) is -1.70. The van der Waals surface area contributed by atoms with Crippen LogP contribution < -0.4 is 9.47 Å². The van der Waals surface area contributed by atoms with Crippen LogP contribution in [0.25, 0.3) is 0 Å². The highest BCUT2D eigenvalue weighted by atomic mass is 19.3. The number of likely N-dealkylation sites (tertiary alicyclic amines) is 1. The molecule has 0 saturated carbocycles. The third-order valence-corrected chi connectivity index (χ3v) is 6.64. The van der Waals surface area contributed by atoms with Crippen molar-refractivity contribution in [2.45, 2.75) is 38.6 Å². The van der Waals surface area contributed by atoms with Gasteiger partial charge in [0.1, 0.15) is 35.5 Å². The number of phenolic OH excluding ortho intramolecular Hbond substituents is 1. The van der Waals surface area contributed by atoms with E-state index in [2.05, 4.69) is 11.9 Å². The van der Waals surface area contributed by atoms with Gasteiger partial charge in [-0.1, -0.05) is 36.4 Å². The van der Waals surface area contributed by atoms with Crippen LogP contribution in [-0.2, 0) is 19.7 Å². The van der Waals surface area contributed by atoms with E-state index in [-0.39, 0.29) is 24.0 Å². The first-order valence-electron chi connectivity index (χ1n) is 12.0. The van der Waals surface area contributed by atoms with E-state index in [0.29, 0.717) is 13.1 Å². The summed E-state index contributed by atoms with van der Waals surface area (Å²) < 4.78 is 38.8. The third-order valence-electron chi connectivity index (χ3n) is 6.64. The van der Waals surface area contributed by atoms with Gasteiger partial charge in [-0.15, -0.1) is 0 Å². The molecule has 6 nitrogen and oxygen atoms in total. The van der Waals surface area contributed by atoms with Crippen molar-refractivity contribution in [1.82, 2.24) is 9.80 Å². The summed E-state index contributed by atoms with van der Waals surface area (Å²) in [7, 11) is 2.07. The number of hydrogen-bond donors (Lipinski definition) is 1. The normalized spacial score (nSPS) is 17.4. The summed E-state index contributed by atoms with van der Waals surface area (Å²) in [6, 6.07) is 17.1. The van der Waals surface area contributed by atoms with E-state index in [1.807, 2.05) is 48.5 Å². The van der Waals surface area contributed by atoms with E-state index in [1.54, 1.807) is 4.90 Å². The summed E-state index contributed by atoms with van der Waals surface area (Å²) >= 11 is 0. The number of rotatable bonds is 7. The van der Waals surface area contributed by atoms with Gasteiger partial charge >= 0.3 is 0 Å². The lowest BCUT2D eigenvalue weighted by atomic mass is 10.1. The van der Waals surface area contributed by atoms with Gasteiger partial charge in [0.05, 0.1) is 0 Å². The zero-order valence-corrected chi connectivity index (χ0v) is 20.0. The summed E-state index contributed by atoms with van der Waals surface area (Å²) in [5.74, 6) is -0.303. The first-order chi connectivity index (χ1) is 17.4. The minimum absolute atomic E-state index is 0.0653. The number of amides is 1. The van der Waals surface area contributed by atoms with Crippen molar-refractivity contribution in [3.05, 3.63) is 88.5 Å². The Morgan fingerprint density at radius 1 is 1.08 bits per heavy atom. The second kappa shape index (κ2) is 10.1. The highest BCUT2D eigenvalue weighted by molar-refractivity contribution is 6.00. The topological polar surface area (TPSA) is 62.2 Å². The van der Waals surface area contributed by atoms with Gasteiger partial charge in [-0.2, -0.15) is 0 Å². The molecule has 0 aromatic heterocycles. The number of halogens is 2. The number of hydrogen-bond acceptors (Lipinski definition) is 5. The molecular weight excluding hydrogens is 466 g/mol. The lowest BCUT2D eigenvalue weighted by molar-refractivity contribution is 0.0742. The van der Waals surface area contributed by atoms with Crippen molar-refractivity contribution in [3.63, 3.8) is 0 Å². The first kappa shape index (κ1) is 24.1. The highest BCUT2D eigenvalue weighted by Gasteiger charge is 2.30. The molecule has 3 aromatic carbocycles. The maximum absolute atomic E-state index is 13.5. The summed E-state index contributed by atoms with van der Waals surface area (Å²) in [5.41, 5.74) is 2.23. The smallest absolute Gasteiger partial charge is 0.264 e. The number of likely N-dealkylation sites (N-methyl/N-ethyl adjacent to an activating group) is 1. The number of aromatic hydroxyl groups is 1. The summed E-state index contributed by atoms with van der Waals surface area (Å²) in [5, 5.41) is 10.6. The Bertz CT molecular complexity index is 1250. The number of carbonyl (C=O) groups is 1. The minimum Gasteiger partial charge on any atom is -0.507 e. The number of ether oxygens (including phenoxy) is 2. The number of phenols is 1. The highest BCUT2D eigenvalue weighted by Crippen LogP contribution is 2.37. The molecular formula is C28H28F2N2O4. The van der Waals surface area contributed by atoms with Crippen molar-refractivity contribution in [2.24, 2.45) is 0 Å². The molecule has 0 unspecified atom stereocenters. The molecule has 5 rings (SSSR count). The van der Waals surface area contributed by atoms with Gasteiger partial charge in [-0.25, -0.2) is 8.78 Å². The molecule has 2 aliphatic rings. The lowest BCUT2D eigenvalue weighted by Gasteiger charge is -2.20. The van der Waals surface area contributed by atoms with Gasteiger partial charge in [0.15, 0.2) is 0 Å². The van der Waals surface area contributed by atoms with Gasteiger partial charge in [0.25, 0.3) is 12.3 Å². The second-order valence-electron chi connectivity index (χ2n) is 9.37. The van der Waals surface area contributed by atoms with Gasteiger partial charge in [-0.3, -0.25) is 4.79 Å². The van der Waals surface area contributed by atoms with Crippen molar-refractivity contribution in [1.29, 1.82) is 0 Å². The monoisotopic (exact) mass is 494 g/mol. The molecule has 1 saturated heterocycles. The Morgan fingerprint density at radius 2 is 1.86 bits per heavy atom. The third kappa shape index (κ3) is 5.14. The van der Waals surface area contributed by atoms with Crippen LogP contribution in [0.15, 0.2) is 60.7 Å². The number of alkyl halides is 2. The van der Waals surface area contributed by atoms with Gasteiger partial charge in [0, 0.05) is 31.7 Å². The Kier molecular flexibility index (Phi) is 6.78. The van der Waals surface area contributed by atoms with E-state index in [0.717, 1.165) is 54.1 Å². The van der Waals surface area contributed by atoms with E-state index in [1.165, 1.54) is 0 Å². The fourth-order valence-electron chi connectivity index (χ4n) is 4.74. The molecule has 2 heterocycles. The SMILES string of the molecule is CN1CC[C@H](Oc2ccc3c(c2)CN(C(=O)c2c(O)cc(C(F)F)cc2OCc2ccccc2)C3)C1. The number of fused-ring (bicyclic) bond motifs is 1. The van der Waals surface area contributed by atoms with E-state index in [4.69, 9.17) is 9.47 Å². The van der Waals surface area contributed by atoms with Crippen LogP contribution in [0, 0.1) is 0 Å². The van der Waals surface area contributed by atoms with Crippen LogP contribution in [0.3, 0.4) is 0 Å². The van der Waals surface area contributed by atoms with Gasteiger partial charge in [-0.05, 0) is 54.4 Å². The van der Waals surface area contributed by atoms with Crippen LogP contribution in [0.4, 0.5) is 8.78 Å². The molecule has 1 atom stereocenters. The van der Waals surface area contributed by atoms with Crippen LogP contribution >= 0.6 is 0 Å². The number of nitrogens with zero attached hydrogens (tertiary/aromatic N) is 2. The van der Waals surface area contributed by atoms with Crippen molar-refractivity contribution in [2.75, 3.05) is 20.1 Å². The maximum Gasteiger partial charge on any atom is 0.264 e. The van der Waals surface area contributed by atoms with E-state index in [9.17, 15) is 18.7 Å². The lowest BCUT2D eigenvalue weighted by Crippen LogP contribution is -2.26. The fraction of sp³-hybridized carbons (Fsp3) is 0.321. The average Bonchev–Trinajstić information content (AvgIpc) is 3.48. The molecule has 36 heavy (non-hydrogen) atoms. The quantitative estimate of drug-likeness (QED) is 0.493. The Morgan fingerprint density at radius 3 is 2.58 bits per heavy atom. The molecule has 0 radical (unpaired) electrons. The number of benzene rings is 3. The predicted molar refractivity (Wildman–Crippen MR) is 130 cm³/mol. The van der Waals surface area contributed by atoms with Crippen molar-refractivity contribution >= 4 is 5.91 Å². The van der Waals surface area contributed by atoms with Crippen LogP contribution in [-0.4, -0.2) is 47.1 Å². The zero-order chi connectivity index (χ0) is 25.2. The molecule has 8 heteroatoms. The molecule has 1 fully saturated rings. The van der Waals surface area contributed by atoms with Crippen LogP contribution in [0.1, 0.15) is 45.5 Å². The van der Waals surface area contributed by atoms with Gasteiger partial charge < -0.3 is 24.4 Å². The van der Waals surface area contributed by atoms with Gasteiger partial charge in [0.2, 0.25) is 0 Å². The fourth-order valence-corrected chi connectivity index (χ4v) is 4.74. The molecule has 3 aromatic rings. The standard InChI is InChI=1S/C28H28F2N2O4/c1-31-10-9-23(16-31)36-22-8-7-19-14-32(15-21(19)11-22)28(34)26-24(33)12-20(27(29)30)13-25(26)35-17-18-5-3-2-4-6-18/h2-8,11-13,23,27,33H,9-10,14-17H2,1H3/t23-/m0/s1. The first-order valence-corrected chi connectivity index (χ1v) is 12.0. The maximum atomic E-state index is 13.5. The van der Waals surface area contributed by atoms with Crippen LogP contribution in [0.2, 0.25) is 0 Å². The van der Waals surface area contributed by atoms with Crippen LogP contribution in [0.5, 0.6) is 17.2 Å². The van der Waals surface area contributed by atoms with E-state index >= 15 is 0 Å². The molecule has 0 bridgehead atoms. The zero-order valence-electron chi connectivity index (χ0n) is 20.0. The number of carbonyl (C=O) groups excluding carboxylic acids is 1. The largest absolute Gasteiger partial charge is 0.507 e. The molecule has 188 valence electrons. The van der Waals surface area contributed by atoms with Crippen molar-refractivity contribution in [3.8, 4) is 17.2 Å². The molecule has 0 aliphatic carbocycles. The minimum atomic E-state index is -2.81. The summed E-state index contributed by atoms with van der Waals surface area (Å²) in [4.78, 5) is 17.3. The Hall–Kier alpha value is -3.65. The Balaban J connectivity index is 1.36. The van der Waals surface area contributed by atoms with Crippen molar-refractivity contribution < 1.29 is 28.2 Å². The average molecular weight is 495 g/mol. The Labute approximate surface area is 208 Å². The molecule has 1 amide bonds. The predicted octanol–water partition coefficient (Wildman–Crippen LogP) is 5.15.